The first kappa shape index (κ1) is 10.5. The molecule has 0 atom stereocenters. The lowest BCUT2D eigenvalue weighted by Gasteiger charge is -2.05. The monoisotopic (exact) mass is 239 g/mol. The maximum Gasteiger partial charge on any atom is 0.180 e. The molecular weight excluding hydrogens is 230 g/mol. The fourth-order valence-corrected chi connectivity index (χ4v) is 1.89. The van der Waals surface area contributed by atoms with Crippen LogP contribution in [0.2, 0.25) is 5.15 Å². The van der Waals surface area contributed by atoms with E-state index >= 15 is 0 Å². The van der Waals surface area contributed by atoms with Crippen molar-refractivity contribution in [3.63, 3.8) is 0 Å². The molecule has 0 saturated carbocycles. The predicted octanol–water partition coefficient (Wildman–Crippen LogP) is 3.38. The van der Waals surface area contributed by atoms with Crippen LogP contribution in [0.15, 0.2) is 17.0 Å². The number of nitrogens with zero attached hydrogens (tertiary/aromatic N) is 3. The Bertz CT molecular complexity index is 454. The molecule has 0 N–H and O–H groups in total. The lowest BCUT2D eigenvalue weighted by atomic mass is 10.1. The van der Waals surface area contributed by atoms with Gasteiger partial charge in [0.2, 0.25) is 0 Å². The van der Waals surface area contributed by atoms with Crippen LogP contribution in [0.1, 0.15) is 25.5 Å². The summed E-state index contributed by atoms with van der Waals surface area (Å²) in [5.41, 5.74) is 3.48. The molecule has 3 nitrogen and oxygen atoms in total. The highest BCUT2D eigenvalue weighted by Gasteiger charge is 2.09. The van der Waals surface area contributed by atoms with Crippen LogP contribution in [-0.4, -0.2) is 15.0 Å². The fourth-order valence-electron chi connectivity index (χ4n) is 1.17. The average molecular weight is 240 g/mol. The minimum absolute atomic E-state index is 0.336. The van der Waals surface area contributed by atoms with Gasteiger partial charge in [0.25, 0.3) is 0 Å². The molecule has 2 rings (SSSR count). The molecule has 0 amide bonds. The van der Waals surface area contributed by atoms with Crippen molar-refractivity contribution in [2.45, 2.75) is 19.8 Å². The van der Waals surface area contributed by atoms with Gasteiger partial charge in [-0.2, -0.15) is 0 Å². The SMILES string of the molecule is CC(C)c1cc(Cl)nc(-c2cscn2)n1. The van der Waals surface area contributed by atoms with Crippen LogP contribution in [0.4, 0.5) is 0 Å². The third kappa shape index (κ3) is 2.33. The summed E-state index contributed by atoms with van der Waals surface area (Å²) in [6.07, 6.45) is 0. The van der Waals surface area contributed by atoms with E-state index in [4.69, 9.17) is 11.6 Å². The van der Waals surface area contributed by atoms with Gasteiger partial charge in [0.05, 0.1) is 5.51 Å². The average Bonchev–Trinajstić information content (AvgIpc) is 2.69. The number of halogens is 1. The molecule has 2 aromatic heterocycles. The molecule has 0 radical (unpaired) electrons. The van der Waals surface area contributed by atoms with Gasteiger partial charge in [-0.1, -0.05) is 25.4 Å². The zero-order valence-electron chi connectivity index (χ0n) is 8.44. The molecule has 0 unspecified atom stereocenters. The van der Waals surface area contributed by atoms with Gasteiger partial charge in [0.1, 0.15) is 10.8 Å². The molecule has 2 heterocycles. The van der Waals surface area contributed by atoms with Gasteiger partial charge in [-0.25, -0.2) is 15.0 Å². The summed E-state index contributed by atoms with van der Waals surface area (Å²) in [5, 5.41) is 2.38. The summed E-state index contributed by atoms with van der Waals surface area (Å²) in [7, 11) is 0. The molecule has 5 heteroatoms. The third-order valence-corrected chi connectivity index (χ3v) is 2.75. The highest BCUT2D eigenvalue weighted by molar-refractivity contribution is 7.07. The molecular formula is C10H10ClN3S. The second kappa shape index (κ2) is 4.24. The quantitative estimate of drug-likeness (QED) is 0.755. The Hall–Kier alpha value is -1.00. The number of thiazole rings is 1. The maximum atomic E-state index is 5.94. The molecule has 0 fully saturated rings. The first-order valence-corrected chi connectivity index (χ1v) is 5.92. The zero-order valence-corrected chi connectivity index (χ0v) is 10.0. The second-order valence-corrected chi connectivity index (χ2v) is 4.57. The summed E-state index contributed by atoms with van der Waals surface area (Å²) in [5.74, 6) is 0.940. The van der Waals surface area contributed by atoms with E-state index in [1.165, 1.54) is 11.3 Å². The van der Waals surface area contributed by atoms with Gasteiger partial charge in [-0.05, 0) is 12.0 Å². The summed E-state index contributed by atoms with van der Waals surface area (Å²) >= 11 is 7.46. The second-order valence-electron chi connectivity index (χ2n) is 3.47. The Morgan fingerprint density at radius 2 is 2.13 bits per heavy atom. The predicted molar refractivity (Wildman–Crippen MR) is 62.2 cm³/mol. The van der Waals surface area contributed by atoms with Crippen LogP contribution in [0.3, 0.4) is 0 Å². The van der Waals surface area contributed by atoms with Crippen molar-refractivity contribution in [3.8, 4) is 11.5 Å². The van der Waals surface area contributed by atoms with E-state index in [2.05, 4.69) is 28.8 Å². The van der Waals surface area contributed by atoms with Gasteiger partial charge < -0.3 is 0 Å². The minimum Gasteiger partial charge on any atom is -0.241 e. The molecule has 0 aliphatic rings. The van der Waals surface area contributed by atoms with Gasteiger partial charge in [-0.3, -0.25) is 0 Å². The van der Waals surface area contributed by atoms with Crippen molar-refractivity contribution in [3.05, 3.63) is 27.8 Å². The molecule has 0 spiro atoms. The normalized spacial score (nSPS) is 10.9. The van der Waals surface area contributed by atoms with Crippen LogP contribution in [0, 0.1) is 0 Å². The first-order chi connectivity index (χ1) is 7.16. The Morgan fingerprint density at radius 1 is 1.33 bits per heavy atom. The van der Waals surface area contributed by atoms with Crippen molar-refractivity contribution in [2.75, 3.05) is 0 Å². The van der Waals surface area contributed by atoms with Crippen molar-refractivity contribution >= 4 is 22.9 Å². The topological polar surface area (TPSA) is 38.7 Å². The number of hydrogen-bond acceptors (Lipinski definition) is 4. The zero-order chi connectivity index (χ0) is 10.8. The fraction of sp³-hybridized carbons (Fsp3) is 0.300. The summed E-state index contributed by atoms with van der Waals surface area (Å²) < 4.78 is 0. The van der Waals surface area contributed by atoms with Gasteiger partial charge >= 0.3 is 0 Å². The van der Waals surface area contributed by atoms with Gasteiger partial charge in [0, 0.05) is 11.1 Å². The highest BCUT2D eigenvalue weighted by atomic mass is 35.5. The van der Waals surface area contributed by atoms with E-state index in [-0.39, 0.29) is 0 Å². The van der Waals surface area contributed by atoms with Crippen LogP contribution < -0.4 is 0 Å². The minimum atomic E-state index is 0.336. The lowest BCUT2D eigenvalue weighted by Crippen LogP contribution is -1.98. The summed E-state index contributed by atoms with van der Waals surface area (Å²) in [6.45, 7) is 4.15. The van der Waals surface area contributed by atoms with Crippen molar-refractivity contribution in [2.24, 2.45) is 0 Å². The van der Waals surface area contributed by atoms with Crippen molar-refractivity contribution in [1.82, 2.24) is 15.0 Å². The largest absolute Gasteiger partial charge is 0.241 e. The van der Waals surface area contributed by atoms with E-state index in [0.717, 1.165) is 11.4 Å². The lowest BCUT2D eigenvalue weighted by molar-refractivity contribution is 0.816. The molecule has 0 aliphatic carbocycles. The molecule has 0 aromatic carbocycles. The number of aromatic nitrogens is 3. The van der Waals surface area contributed by atoms with Crippen LogP contribution in [0.25, 0.3) is 11.5 Å². The summed E-state index contributed by atoms with van der Waals surface area (Å²) in [6, 6.07) is 1.79. The Morgan fingerprint density at radius 3 is 2.73 bits per heavy atom. The van der Waals surface area contributed by atoms with Crippen LogP contribution >= 0.6 is 22.9 Å². The van der Waals surface area contributed by atoms with Crippen LogP contribution in [-0.2, 0) is 0 Å². The third-order valence-electron chi connectivity index (χ3n) is 1.97. The molecule has 0 bridgehead atoms. The molecule has 15 heavy (non-hydrogen) atoms. The molecule has 0 aliphatic heterocycles. The van der Waals surface area contributed by atoms with Crippen molar-refractivity contribution in [1.29, 1.82) is 0 Å². The van der Waals surface area contributed by atoms with E-state index in [1.807, 2.05) is 5.38 Å². The highest BCUT2D eigenvalue weighted by Crippen LogP contribution is 2.21. The standard InChI is InChI=1S/C10H10ClN3S/c1-6(2)7-3-9(11)14-10(13-7)8-4-15-5-12-8/h3-6H,1-2H3. The van der Waals surface area contributed by atoms with Crippen LogP contribution in [0.5, 0.6) is 0 Å². The molecule has 2 aromatic rings. The molecule has 0 saturated heterocycles. The Labute approximate surface area is 97.2 Å². The Balaban J connectivity index is 2.49. The molecule has 78 valence electrons. The van der Waals surface area contributed by atoms with E-state index < -0.39 is 0 Å². The maximum absolute atomic E-state index is 5.94. The van der Waals surface area contributed by atoms with Gasteiger partial charge in [0.15, 0.2) is 5.82 Å². The Kier molecular flexibility index (Phi) is 2.98. The number of rotatable bonds is 2. The summed E-state index contributed by atoms with van der Waals surface area (Å²) in [4.78, 5) is 12.7. The van der Waals surface area contributed by atoms with E-state index in [9.17, 15) is 0 Å². The van der Waals surface area contributed by atoms with E-state index in [1.54, 1.807) is 11.6 Å². The smallest absolute Gasteiger partial charge is 0.180 e. The first-order valence-electron chi connectivity index (χ1n) is 4.60. The van der Waals surface area contributed by atoms with E-state index in [0.29, 0.717) is 16.9 Å². The van der Waals surface area contributed by atoms with Crippen molar-refractivity contribution < 1.29 is 0 Å². The van der Waals surface area contributed by atoms with Gasteiger partial charge in [-0.15, -0.1) is 11.3 Å². The number of hydrogen-bond donors (Lipinski definition) is 0.